The Hall–Kier alpha value is -0.870. The molecule has 0 bridgehead atoms. The van der Waals surface area contributed by atoms with Crippen LogP contribution in [0.15, 0.2) is 24.3 Å². The van der Waals surface area contributed by atoms with E-state index in [9.17, 15) is 9.90 Å². The SMILES string of the molecule is CCCCCOc1cccc(OCCCCOP(=S)(S)O[C@H](CC(=O)O)C([O-])[N+](C)(C)C)c1. The zero-order valence-corrected chi connectivity index (χ0v) is 22.6. The molecule has 3 atom stereocenters. The molecule has 0 saturated carbocycles. The number of rotatable bonds is 18. The standard InChI is InChI=1S/C22H38NO7PS2/c1-5-6-7-13-27-18-11-10-12-19(16-18)28-14-8-9-15-29-31(32,33)30-20(17-21(24)25)22(26)23(2,3)4/h10-12,16,20,22H,5-9,13-15,17H2,1-4H3,(H,24,25)(H,32,33)/t20-,22?/m1/s1. The molecular formula is C22H38NO7PS2. The van der Waals surface area contributed by atoms with Crippen molar-refractivity contribution in [1.82, 2.24) is 0 Å². The zero-order chi connectivity index (χ0) is 24.9. The Morgan fingerprint density at radius 1 is 1.12 bits per heavy atom. The highest BCUT2D eigenvalue weighted by Crippen LogP contribution is 2.55. The van der Waals surface area contributed by atoms with E-state index in [4.69, 9.17) is 35.4 Å². The number of carboxylic acids is 1. The molecule has 33 heavy (non-hydrogen) atoms. The number of hydrogen-bond donors (Lipinski definition) is 2. The van der Waals surface area contributed by atoms with Gasteiger partial charge in [-0.25, -0.2) is 0 Å². The van der Waals surface area contributed by atoms with Crippen LogP contribution in [0.3, 0.4) is 0 Å². The molecule has 0 aromatic heterocycles. The number of benzene rings is 1. The first kappa shape index (κ1) is 30.2. The van der Waals surface area contributed by atoms with E-state index < -0.39 is 30.4 Å². The Balaban J connectivity index is 2.38. The Morgan fingerprint density at radius 3 is 2.18 bits per heavy atom. The second kappa shape index (κ2) is 15.2. The molecule has 0 saturated heterocycles. The van der Waals surface area contributed by atoms with Crippen molar-refractivity contribution < 1.29 is 38.0 Å². The average Bonchev–Trinajstić information content (AvgIpc) is 2.72. The summed E-state index contributed by atoms with van der Waals surface area (Å²) in [5.41, 5.74) is -3.06. The highest BCUT2D eigenvalue weighted by molar-refractivity contribution is 8.60. The molecule has 0 amide bonds. The third-order valence-corrected chi connectivity index (χ3v) is 6.86. The lowest BCUT2D eigenvalue weighted by Gasteiger charge is -2.43. The Kier molecular flexibility index (Phi) is 13.9. The number of ether oxygens (including phenoxy) is 2. The van der Waals surface area contributed by atoms with Crippen molar-refractivity contribution in [2.75, 3.05) is 41.0 Å². The minimum Gasteiger partial charge on any atom is -0.804 e. The second-order valence-electron chi connectivity index (χ2n) is 8.64. The molecule has 0 fully saturated rings. The van der Waals surface area contributed by atoms with Crippen molar-refractivity contribution in [1.29, 1.82) is 0 Å². The summed E-state index contributed by atoms with van der Waals surface area (Å²) in [4.78, 5) is 11.1. The van der Waals surface area contributed by atoms with Gasteiger partial charge in [0.25, 0.3) is 0 Å². The summed E-state index contributed by atoms with van der Waals surface area (Å²) in [5, 5.41) is 21.7. The van der Waals surface area contributed by atoms with E-state index in [1.165, 1.54) is 0 Å². The van der Waals surface area contributed by atoms with E-state index in [1.54, 1.807) is 21.1 Å². The normalized spacial score (nSPS) is 15.5. The summed E-state index contributed by atoms with van der Waals surface area (Å²) in [5.74, 6) is 0.399. The fourth-order valence-corrected chi connectivity index (χ4v) is 4.94. The molecular weight excluding hydrogens is 485 g/mol. The molecule has 0 radical (unpaired) electrons. The molecule has 0 aliphatic heterocycles. The number of nitrogens with zero attached hydrogens (tertiary/aromatic N) is 1. The molecule has 1 aromatic carbocycles. The third kappa shape index (κ3) is 13.6. The van der Waals surface area contributed by atoms with Crippen molar-refractivity contribution in [3.63, 3.8) is 0 Å². The van der Waals surface area contributed by atoms with Crippen molar-refractivity contribution in [3.8, 4) is 11.5 Å². The number of likely N-dealkylation sites (N-methyl/N-ethyl adjacent to an activating group) is 1. The predicted molar refractivity (Wildman–Crippen MR) is 134 cm³/mol. The van der Waals surface area contributed by atoms with Crippen LogP contribution >= 0.6 is 17.9 Å². The highest BCUT2D eigenvalue weighted by Gasteiger charge is 2.31. The maximum Gasteiger partial charge on any atom is 0.306 e. The summed E-state index contributed by atoms with van der Waals surface area (Å²) in [6.45, 7) is 3.62. The number of quaternary nitrogens is 1. The summed E-state index contributed by atoms with van der Waals surface area (Å²) >= 11 is 9.55. The van der Waals surface area contributed by atoms with E-state index >= 15 is 0 Å². The zero-order valence-electron chi connectivity index (χ0n) is 20.0. The molecule has 8 nitrogen and oxygen atoms in total. The van der Waals surface area contributed by atoms with Crippen LogP contribution in [0.5, 0.6) is 11.5 Å². The van der Waals surface area contributed by atoms with Crippen molar-refractivity contribution in [3.05, 3.63) is 24.3 Å². The summed E-state index contributed by atoms with van der Waals surface area (Å²) in [7, 11) is 5.02. The van der Waals surface area contributed by atoms with Crippen molar-refractivity contribution >= 4 is 35.7 Å². The van der Waals surface area contributed by atoms with Crippen LogP contribution < -0.4 is 14.6 Å². The summed E-state index contributed by atoms with van der Waals surface area (Å²) < 4.78 is 22.7. The number of carbonyl (C=O) groups is 1. The maximum atomic E-state index is 12.6. The van der Waals surface area contributed by atoms with Crippen LogP contribution in [-0.4, -0.2) is 68.9 Å². The van der Waals surface area contributed by atoms with Crippen LogP contribution in [0.4, 0.5) is 0 Å². The molecule has 11 heteroatoms. The fraction of sp³-hybridized carbons (Fsp3) is 0.682. The van der Waals surface area contributed by atoms with E-state index in [-0.39, 0.29) is 11.1 Å². The predicted octanol–water partition coefficient (Wildman–Crippen LogP) is 3.84. The minimum atomic E-state index is -3.06. The smallest absolute Gasteiger partial charge is 0.306 e. The minimum absolute atomic E-state index is 0.0105. The first-order valence-corrected chi connectivity index (χ1v) is 14.9. The fourth-order valence-electron chi connectivity index (χ4n) is 2.83. The molecule has 1 rings (SSSR count). The van der Waals surface area contributed by atoms with Gasteiger partial charge in [0.2, 0.25) is 5.69 Å². The van der Waals surface area contributed by atoms with E-state index in [2.05, 4.69) is 19.2 Å². The first-order valence-electron chi connectivity index (χ1n) is 11.1. The van der Waals surface area contributed by atoms with Gasteiger partial charge in [0.05, 0.1) is 47.4 Å². The van der Waals surface area contributed by atoms with Crippen LogP contribution in [0.25, 0.3) is 0 Å². The average molecular weight is 524 g/mol. The highest BCUT2D eigenvalue weighted by atomic mass is 32.9. The van der Waals surface area contributed by atoms with Gasteiger partial charge in [0.15, 0.2) is 0 Å². The monoisotopic (exact) mass is 523 g/mol. The number of aliphatic carboxylic acids is 1. The summed E-state index contributed by atoms with van der Waals surface area (Å²) in [6.07, 6.45) is 1.78. The van der Waals surface area contributed by atoms with Gasteiger partial charge in [-0.15, -0.1) is 0 Å². The van der Waals surface area contributed by atoms with Gasteiger partial charge in [0.1, 0.15) is 17.6 Å². The largest absolute Gasteiger partial charge is 0.804 e. The lowest BCUT2D eigenvalue weighted by molar-refractivity contribution is -0.973. The van der Waals surface area contributed by atoms with E-state index in [0.29, 0.717) is 26.1 Å². The van der Waals surface area contributed by atoms with Gasteiger partial charge in [-0.1, -0.05) is 38.1 Å². The second-order valence-corrected chi connectivity index (χ2v) is 13.9. The molecule has 1 aromatic rings. The molecule has 0 spiro atoms. The molecule has 190 valence electrons. The topological polar surface area (TPSA) is 97.3 Å². The van der Waals surface area contributed by atoms with E-state index in [1.807, 2.05) is 24.3 Å². The van der Waals surface area contributed by atoms with Crippen LogP contribution in [0.1, 0.15) is 45.4 Å². The lowest BCUT2D eigenvalue weighted by Crippen LogP contribution is -2.60. The molecule has 1 N–H and O–H groups in total. The van der Waals surface area contributed by atoms with E-state index in [0.717, 1.165) is 30.8 Å². The van der Waals surface area contributed by atoms with Gasteiger partial charge in [-0.3, -0.25) is 4.79 Å². The van der Waals surface area contributed by atoms with Gasteiger partial charge in [-0.05, 0) is 43.2 Å². The van der Waals surface area contributed by atoms with Gasteiger partial charge in [-0.2, -0.15) is 0 Å². The van der Waals surface area contributed by atoms with Gasteiger partial charge < -0.3 is 33.2 Å². The number of unbranched alkanes of at least 4 members (excludes halogenated alkanes) is 3. The Labute approximate surface area is 208 Å². The Morgan fingerprint density at radius 2 is 1.67 bits per heavy atom. The van der Waals surface area contributed by atoms with Crippen LogP contribution in [0.2, 0.25) is 0 Å². The van der Waals surface area contributed by atoms with Crippen molar-refractivity contribution in [2.24, 2.45) is 0 Å². The molecule has 0 aliphatic carbocycles. The maximum absolute atomic E-state index is 12.6. The number of hydrogen-bond acceptors (Lipinski definition) is 7. The first-order chi connectivity index (χ1) is 15.4. The van der Waals surface area contributed by atoms with Crippen LogP contribution in [-0.2, 0) is 25.6 Å². The molecule has 0 aliphatic rings. The number of thiol groups is 1. The number of carboxylic acid groups (broad SMARTS) is 1. The van der Waals surface area contributed by atoms with Crippen molar-refractivity contribution in [2.45, 2.75) is 57.8 Å². The Bertz CT molecular complexity index is 761. The van der Waals surface area contributed by atoms with Crippen LogP contribution in [0, 0.1) is 0 Å². The summed E-state index contributed by atoms with van der Waals surface area (Å²) in [6, 6.07) is 7.57. The lowest BCUT2D eigenvalue weighted by atomic mass is 10.2. The van der Waals surface area contributed by atoms with Gasteiger partial charge in [0, 0.05) is 12.3 Å². The molecule has 2 unspecified atom stereocenters. The third-order valence-electron chi connectivity index (χ3n) is 4.61. The van der Waals surface area contributed by atoms with Gasteiger partial charge >= 0.3 is 5.97 Å². The quantitative estimate of drug-likeness (QED) is 0.0985. The molecule has 0 heterocycles.